The molecule has 1 heterocycles. The smallest absolute Gasteiger partial charge is 0.264 e. The number of rotatable bonds is 5. The quantitative estimate of drug-likeness (QED) is 0.412. The summed E-state index contributed by atoms with van der Waals surface area (Å²) in [6, 6.07) is 10.6. The lowest BCUT2D eigenvalue weighted by Gasteiger charge is -2.09. The van der Waals surface area contributed by atoms with E-state index >= 15 is 0 Å². The van der Waals surface area contributed by atoms with Crippen molar-refractivity contribution in [1.29, 1.82) is 0 Å². The van der Waals surface area contributed by atoms with Crippen LogP contribution in [0.4, 0.5) is 0 Å². The Morgan fingerprint density at radius 2 is 1.88 bits per heavy atom. The zero-order valence-corrected chi connectivity index (χ0v) is 14.7. The third-order valence-electron chi connectivity index (χ3n) is 3.43. The van der Waals surface area contributed by atoms with Gasteiger partial charge in [-0.25, -0.2) is 0 Å². The largest absolute Gasteiger partial charge is 0.492 e. The third-order valence-corrected chi connectivity index (χ3v) is 5.67. The minimum absolute atomic E-state index is 0.0657. The summed E-state index contributed by atoms with van der Waals surface area (Å²) in [5.41, 5.74) is -0.0983. The van der Waals surface area contributed by atoms with Gasteiger partial charge in [0.1, 0.15) is 5.75 Å². The van der Waals surface area contributed by atoms with Crippen molar-refractivity contribution in [2.45, 2.75) is 6.42 Å². The number of fused-ring (bicyclic) bond motifs is 2. The fourth-order valence-corrected chi connectivity index (χ4v) is 4.20. The Kier molecular flexibility index (Phi) is 4.78. The van der Waals surface area contributed by atoms with Gasteiger partial charge in [0, 0.05) is 20.2 Å². The average molecular weight is 385 g/mol. The summed E-state index contributed by atoms with van der Waals surface area (Å²) >= 11 is 7.66. The topological polar surface area (TPSA) is 80.7 Å². The molecule has 0 aliphatic heterocycles. The van der Waals surface area contributed by atoms with Crippen molar-refractivity contribution in [3.63, 3.8) is 0 Å². The van der Waals surface area contributed by atoms with E-state index in [4.69, 9.17) is 20.9 Å². The number of benzene rings is 2. The molecular formula is C16H13ClO5S2. The molecule has 1 N–H and O–H groups in total. The van der Waals surface area contributed by atoms with Crippen LogP contribution in [0, 0.1) is 0 Å². The highest BCUT2D eigenvalue weighted by molar-refractivity contribution is 7.85. The predicted molar refractivity (Wildman–Crippen MR) is 97.1 cm³/mol. The monoisotopic (exact) mass is 384 g/mol. The second-order valence-electron chi connectivity index (χ2n) is 5.19. The Labute approximate surface area is 147 Å². The second kappa shape index (κ2) is 6.68. The highest BCUT2D eigenvalue weighted by Gasteiger charge is 2.11. The Morgan fingerprint density at radius 1 is 1.12 bits per heavy atom. The Balaban J connectivity index is 1.95. The van der Waals surface area contributed by atoms with Crippen molar-refractivity contribution in [3.05, 3.63) is 51.6 Å². The number of hydrogen-bond acceptors (Lipinski definition) is 5. The first-order valence-corrected chi connectivity index (χ1v) is 9.88. The van der Waals surface area contributed by atoms with Crippen LogP contribution in [0.3, 0.4) is 0 Å². The highest BCUT2D eigenvalue weighted by Crippen LogP contribution is 2.33. The van der Waals surface area contributed by atoms with Gasteiger partial charge in [0.2, 0.25) is 0 Å². The fraction of sp³-hybridized carbons (Fsp3) is 0.188. The zero-order chi connectivity index (χ0) is 17.3. The zero-order valence-electron chi connectivity index (χ0n) is 12.4. The molecular weight excluding hydrogens is 372 g/mol. The maximum Gasteiger partial charge on any atom is 0.264 e. The second-order valence-corrected chi connectivity index (χ2v) is 8.26. The summed E-state index contributed by atoms with van der Waals surface area (Å²) in [5, 5.41) is 1.49. The van der Waals surface area contributed by atoms with Crippen LogP contribution in [-0.4, -0.2) is 25.3 Å². The fourth-order valence-electron chi connectivity index (χ4n) is 2.34. The van der Waals surface area contributed by atoms with E-state index in [-0.39, 0.29) is 18.5 Å². The number of hydrogen-bond donors (Lipinski definition) is 1. The van der Waals surface area contributed by atoms with Crippen LogP contribution in [0.5, 0.6) is 5.75 Å². The van der Waals surface area contributed by atoms with E-state index in [0.29, 0.717) is 21.5 Å². The van der Waals surface area contributed by atoms with E-state index in [1.807, 2.05) is 18.2 Å². The molecule has 3 rings (SSSR count). The Morgan fingerprint density at radius 3 is 2.62 bits per heavy atom. The van der Waals surface area contributed by atoms with Crippen molar-refractivity contribution in [2.75, 3.05) is 12.4 Å². The molecule has 126 valence electrons. The molecule has 0 aliphatic carbocycles. The van der Waals surface area contributed by atoms with Gasteiger partial charge >= 0.3 is 0 Å². The molecule has 0 unspecified atom stereocenters. The summed E-state index contributed by atoms with van der Waals surface area (Å²) in [5.74, 6) is -0.0726. The molecule has 8 heteroatoms. The van der Waals surface area contributed by atoms with E-state index < -0.39 is 15.9 Å². The summed E-state index contributed by atoms with van der Waals surface area (Å²) in [6.45, 7) is 0.0657. The minimum Gasteiger partial charge on any atom is -0.492 e. The Bertz CT molecular complexity index is 1070. The molecule has 0 saturated carbocycles. The van der Waals surface area contributed by atoms with Crippen LogP contribution in [-0.2, 0) is 10.1 Å². The van der Waals surface area contributed by atoms with E-state index in [0.717, 1.165) is 9.40 Å². The third kappa shape index (κ3) is 3.70. The van der Waals surface area contributed by atoms with Gasteiger partial charge in [-0.15, -0.1) is 11.3 Å². The Hall–Kier alpha value is -1.67. The summed E-state index contributed by atoms with van der Waals surface area (Å²) in [6.07, 6.45) is 0.123. The van der Waals surface area contributed by atoms with Crippen molar-refractivity contribution in [3.8, 4) is 5.75 Å². The van der Waals surface area contributed by atoms with Gasteiger partial charge in [0.25, 0.3) is 10.1 Å². The van der Waals surface area contributed by atoms with E-state index in [9.17, 15) is 13.2 Å². The van der Waals surface area contributed by atoms with Crippen LogP contribution >= 0.6 is 22.9 Å². The molecule has 0 spiro atoms. The standard InChI is InChI=1S/C16H13ClO5S2/c17-12-9-15-11(8-13(12)22-6-3-7-24(19,20)21)16(18)10-4-1-2-5-14(10)23-15/h1-2,4-5,8-9H,3,6-7H2,(H,19,20,21). The first-order chi connectivity index (χ1) is 11.3. The number of halogens is 1. The molecule has 0 fully saturated rings. The normalized spacial score (nSPS) is 11.9. The lowest BCUT2D eigenvalue weighted by molar-refractivity contribution is 0.316. The molecule has 0 radical (unpaired) electrons. The SMILES string of the molecule is O=c1c2ccccc2sc2cc(Cl)c(OCCCS(=O)(=O)O)cc12. The minimum atomic E-state index is -4.02. The molecule has 5 nitrogen and oxygen atoms in total. The van der Waals surface area contributed by atoms with Crippen LogP contribution in [0.25, 0.3) is 20.2 Å². The van der Waals surface area contributed by atoms with Gasteiger partial charge in [-0.2, -0.15) is 8.42 Å². The molecule has 24 heavy (non-hydrogen) atoms. The van der Waals surface area contributed by atoms with Crippen LogP contribution in [0.1, 0.15) is 6.42 Å². The summed E-state index contributed by atoms with van der Waals surface area (Å²) in [7, 11) is -4.02. The lowest BCUT2D eigenvalue weighted by Crippen LogP contribution is -2.09. The highest BCUT2D eigenvalue weighted by atomic mass is 35.5. The molecule has 2 aromatic carbocycles. The van der Waals surface area contributed by atoms with E-state index in [1.54, 1.807) is 18.2 Å². The molecule has 0 saturated heterocycles. The van der Waals surface area contributed by atoms with Gasteiger partial charge in [0.05, 0.1) is 17.4 Å². The van der Waals surface area contributed by atoms with Gasteiger partial charge in [-0.3, -0.25) is 9.35 Å². The maximum absolute atomic E-state index is 12.6. The van der Waals surface area contributed by atoms with E-state index in [2.05, 4.69) is 0 Å². The maximum atomic E-state index is 12.6. The lowest BCUT2D eigenvalue weighted by atomic mass is 10.2. The first kappa shape index (κ1) is 17.2. The molecule has 0 aliphatic rings. The van der Waals surface area contributed by atoms with Crippen molar-refractivity contribution in [2.24, 2.45) is 0 Å². The summed E-state index contributed by atoms with van der Waals surface area (Å²) < 4.78 is 37.2. The van der Waals surface area contributed by atoms with Crippen molar-refractivity contribution in [1.82, 2.24) is 0 Å². The van der Waals surface area contributed by atoms with Crippen LogP contribution in [0.2, 0.25) is 5.02 Å². The first-order valence-electron chi connectivity index (χ1n) is 7.08. The van der Waals surface area contributed by atoms with E-state index in [1.165, 1.54) is 11.3 Å². The van der Waals surface area contributed by atoms with Gasteiger partial charge in [0.15, 0.2) is 5.43 Å². The van der Waals surface area contributed by atoms with Gasteiger partial charge in [-0.1, -0.05) is 23.7 Å². The predicted octanol–water partition coefficient (Wildman–Crippen LogP) is 3.72. The van der Waals surface area contributed by atoms with Crippen LogP contribution in [0.15, 0.2) is 41.2 Å². The molecule has 0 bridgehead atoms. The number of ether oxygens (including phenoxy) is 1. The molecule has 1 aromatic heterocycles. The molecule has 0 amide bonds. The van der Waals surface area contributed by atoms with Gasteiger partial charge < -0.3 is 4.74 Å². The molecule has 0 atom stereocenters. The molecule has 3 aromatic rings. The van der Waals surface area contributed by atoms with Crippen LogP contribution < -0.4 is 10.2 Å². The summed E-state index contributed by atoms with van der Waals surface area (Å²) in [4.78, 5) is 12.6. The van der Waals surface area contributed by atoms with Gasteiger partial charge in [-0.05, 0) is 30.7 Å². The average Bonchev–Trinajstić information content (AvgIpc) is 2.51. The van der Waals surface area contributed by atoms with Crippen molar-refractivity contribution >= 4 is 53.2 Å². The van der Waals surface area contributed by atoms with Crippen molar-refractivity contribution < 1.29 is 17.7 Å².